The fourth-order valence-corrected chi connectivity index (χ4v) is 3.46. The standard InChI is InChI=1S/C17H22NO3P/c1-18-11-13-7-4-5-9-15(13)22-16-10-6-8-14(20-3)17(16)21-12-19-2/h4-10,18,22H,11-12H2,1-3H3. The quantitative estimate of drug-likeness (QED) is 0.597. The molecule has 5 heteroatoms. The van der Waals surface area contributed by atoms with Crippen molar-refractivity contribution in [2.75, 3.05) is 28.1 Å². The molecule has 0 amide bonds. The lowest BCUT2D eigenvalue weighted by Gasteiger charge is -2.16. The minimum atomic E-state index is 0.204. The average Bonchev–Trinajstić information content (AvgIpc) is 2.55. The van der Waals surface area contributed by atoms with E-state index in [2.05, 4.69) is 35.6 Å². The zero-order chi connectivity index (χ0) is 15.8. The fraction of sp³-hybridized carbons (Fsp3) is 0.294. The van der Waals surface area contributed by atoms with E-state index in [1.165, 1.54) is 10.9 Å². The Morgan fingerprint density at radius 2 is 1.77 bits per heavy atom. The van der Waals surface area contributed by atoms with Gasteiger partial charge < -0.3 is 19.5 Å². The number of para-hydroxylation sites is 1. The Morgan fingerprint density at radius 1 is 1.00 bits per heavy atom. The van der Waals surface area contributed by atoms with Gasteiger partial charge in [0.2, 0.25) is 0 Å². The Kier molecular flexibility index (Phi) is 6.66. The number of benzene rings is 2. The summed E-state index contributed by atoms with van der Waals surface area (Å²) in [6.07, 6.45) is 0. The molecule has 0 fully saturated rings. The number of ether oxygens (including phenoxy) is 3. The highest BCUT2D eigenvalue weighted by Crippen LogP contribution is 2.30. The van der Waals surface area contributed by atoms with Gasteiger partial charge in [-0.2, -0.15) is 0 Å². The number of rotatable bonds is 8. The fourth-order valence-electron chi connectivity index (χ4n) is 2.17. The van der Waals surface area contributed by atoms with Crippen molar-refractivity contribution in [3.05, 3.63) is 48.0 Å². The Bertz CT molecular complexity index is 604. The minimum absolute atomic E-state index is 0.204. The van der Waals surface area contributed by atoms with Gasteiger partial charge in [0.1, 0.15) is 0 Å². The first-order valence-corrected chi connectivity index (χ1v) is 8.08. The summed E-state index contributed by atoms with van der Waals surface area (Å²) >= 11 is 0. The maximum atomic E-state index is 5.72. The van der Waals surface area contributed by atoms with Crippen molar-refractivity contribution >= 4 is 19.2 Å². The molecule has 0 aliphatic heterocycles. The van der Waals surface area contributed by atoms with Gasteiger partial charge in [-0.05, 0) is 24.0 Å². The molecule has 0 saturated carbocycles. The van der Waals surface area contributed by atoms with Crippen LogP contribution in [0.25, 0.3) is 0 Å². The smallest absolute Gasteiger partial charge is 0.188 e. The lowest BCUT2D eigenvalue weighted by Crippen LogP contribution is -2.16. The van der Waals surface area contributed by atoms with E-state index in [1.54, 1.807) is 14.2 Å². The number of hydrogen-bond donors (Lipinski definition) is 1. The second-order valence-corrected chi connectivity index (χ2v) is 6.03. The zero-order valence-electron chi connectivity index (χ0n) is 13.2. The lowest BCUT2D eigenvalue weighted by atomic mass is 10.2. The van der Waals surface area contributed by atoms with Gasteiger partial charge in [0.25, 0.3) is 0 Å². The van der Waals surface area contributed by atoms with Crippen LogP contribution in [0, 0.1) is 0 Å². The highest BCUT2D eigenvalue weighted by molar-refractivity contribution is 7.55. The zero-order valence-corrected chi connectivity index (χ0v) is 14.2. The molecule has 0 aliphatic carbocycles. The van der Waals surface area contributed by atoms with Crippen molar-refractivity contribution in [1.82, 2.24) is 5.32 Å². The third-order valence-corrected chi connectivity index (χ3v) is 4.59. The molecular weight excluding hydrogens is 297 g/mol. The molecule has 1 N–H and O–H groups in total. The van der Waals surface area contributed by atoms with Crippen molar-refractivity contribution in [3.63, 3.8) is 0 Å². The summed E-state index contributed by atoms with van der Waals surface area (Å²) < 4.78 is 16.2. The van der Waals surface area contributed by atoms with E-state index in [-0.39, 0.29) is 6.79 Å². The monoisotopic (exact) mass is 319 g/mol. The second-order valence-electron chi connectivity index (χ2n) is 4.70. The van der Waals surface area contributed by atoms with Gasteiger partial charge in [-0.1, -0.05) is 45.0 Å². The van der Waals surface area contributed by atoms with E-state index >= 15 is 0 Å². The van der Waals surface area contributed by atoms with Crippen LogP contribution in [0.1, 0.15) is 5.56 Å². The van der Waals surface area contributed by atoms with Crippen molar-refractivity contribution in [3.8, 4) is 11.5 Å². The summed E-state index contributed by atoms with van der Waals surface area (Å²) in [5.41, 5.74) is 1.30. The van der Waals surface area contributed by atoms with Crippen LogP contribution in [-0.4, -0.2) is 28.1 Å². The number of methoxy groups -OCH3 is 2. The summed E-state index contributed by atoms with van der Waals surface area (Å²) in [7, 11) is 5.71. The van der Waals surface area contributed by atoms with Gasteiger partial charge >= 0.3 is 0 Å². The maximum Gasteiger partial charge on any atom is 0.188 e. The molecule has 0 radical (unpaired) electrons. The molecule has 0 aliphatic rings. The van der Waals surface area contributed by atoms with Gasteiger partial charge in [0.05, 0.1) is 7.11 Å². The lowest BCUT2D eigenvalue weighted by molar-refractivity contribution is 0.0500. The van der Waals surface area contributed by atoms with Crippen LogP contribution in [0.3, 0.4) is 0 Å². The molecule has 0 aromatic heterocycles. The van der Waals surface area contributed by atoms with E-state index in [4.69, 9.17) is 14.2 Å². The van der Waals surface area contributed by atoms with Crippen LogP contribution >= 0.6 is 8.58 Å². The molecule has 1 unspecified atom stereocenters. The first kappa shape index (κ1) is 16.8. The Morgan fingerprint density at radius 3 is 2.50 bits per heavy atom. The Labute approximate surface area is 133 Å². The summed E-state index contributed by atoms with van der Waals surface area (Å²) in [4.78, 5) is 0. The third-order valence-electron chi connectivity index (χ3n) is 3.17. The molecule has 2 aromatic carbocycles. The highest BCUT2D eigenvalue weighted by Gasteiger charge is 2.12. The largest absolute Gasteiger partial charge is 0.493 e. The average molecular weight is 319 g/mol. The van der Waals surface area contributed by atoms with Crippen molar-refractivity contribution in [1.29, 1.82) is 0 Å². The van der Waals surface area contributed by atoms with E-state index in [0.717, 1.165) is 23.3 Å². The molecular formula is C17H22NO3P. The van der Waals surface area contributed by atoms with E-state index in [0.29, 0.717) is 8.58 Å². The van der Waals surface area contributed by atoms with Crippen LogP contribution in [0.5, 0.6) is 11.5 Å². The molecule has 2 aromatic rings. The summed E-state index contributed by atoms with van der Waals surface area (Å²) in [5.74, 6) is 1.48. The van der Waals surface area contributed by atoms with Gasteiger partial charge in [-0.25, -0.2) is 0 Å². The maximum absolute atomic E-state index is 5.72. The third kappa shape index (κ3) is 4.20. The second kappa shape index (κ2) is 8.74. The summed E-state index contributed by atoms with van der Waals surface area (Å²) in [6.45, 7) is 1.05. The van der Waals surface area contributed by atoms with Crippen LogP contribution in [-0.2, 0) is 11.3 Å². The van der Waals surface area contributed by atoms with Crippen LogP contribution in [0.2, 0.25) is 0 Å². The first-order valence-electron chi connectivity index (χ1n) is 7.08. The number of hydrogen-bond acceptors (Lipinski definition) is 4. The molecule has 118 valence electrons. The first-order chi connectivity index (χ1) is 10.8. The van der Waals surface area contributed by atoms with Gasteiger partial charge in [-0.3, -0.25) is 0 Å². The molecule has 0 spiro atoms. The van der Waals surface area contributed by atoms with Gasteiger partial charge in [0, 0.05) is 19.0 Å². The predicted octanol–water partition coefficient (Wildman–Crippen LogP) is 2.03. The van der Waals surface area contributed by atoms with E-state index in [1.807, 2.05) is 19.2 Å². The van der Waals surface area contributed by atoms with E-state index in [9.17, 15) is 0 Å². The van der Waals surface area contributed by atoms with Gasteiger partial charge in [-0.15, -0.1) is 0 Å². The number of nitrogens with one attached hydrogen (secondary N) is 1. The van der Waals surface area contributed by atoms with Gasteiger partial charge in [0.15, 0.2) is 18.3 Å². The highest BCUT2D eigenvalue weighted by atomic mass is 31.1. The topological polar surface area (TPSA) is 39.7 Å². The molecule has 0 saturated heterocycles. The Balaban J connectivity index is 2.32. The normalized spacial score (nSPS) is 11.0. The summed E-state index contributed by atoms with van der Waals surface area (Å²) in [5, 5.41) is 5.62. The molecule has 22 heavy (non-hydrogen) atoms. The molecule has 0 heterocycles. The van der Waals surface area contributed by atoms with Crippen molar-refractivity contribution in [2.45, 2.75) is 6.54 Å². The Hall–Kier alpha value is -1.61. The SMILES string of the molecule is CNCc1ccccc1Pc1cccc(OC)c1OCOC. The molecule has 0 bridgehead atoms. The molecule has 1 atom stereocenters. The molecule has 2 rings (SSSR count). The van der Waals surface area contributed by atoms with E-state index < -0.39 is 0 Å². The summed E-state index contributed by atoms with van der Waals surface area (Å²) in [6, 6.07) is 14.4. The molecule has 4 nitrogen and oxygen atoms in total. The predicted molar refractivity (Wildman–Crippen MR) is 92.3 cm³/mol. The van der Waals surface area contributed by atoms with Crippen molar-refractivity contribution in [2.24, 2.45) is 0 Å². The van der Waals surface area contributed by atoms with Crippen molar-refractivity contribution < 1.29 is 14.2 Å². The van der Waals surface area contributed by atoms with Crippen LogP contribution in [0.15, 0.2) is 42.5 Å². The minimum Gasteiger partial charge on any atom is -0.493 e. The van der Waals surface area contributed by atoms with Crippen LogP contribution in [0.4, 0.5) is 0 Å². The van der Waals surface area contributed by atoms with Crippen LogP contribution < -0.4 is 25.4 Å².